The van der Waals surface area contributed by atoms with Crippen LogP contribution in [-0.4, -0.2) is 25.1 Å². The maximum Gasteiger partial charge on any atom is 0.328 e. The van der Waals surface area contributed by atoms with E-state index in [0.717, 1.165) is 17.2 Å². The first-order valence-corrected chi connectivity index (χ1v) is 8.47. The van der Waals surface area contributed by atoms with Gasteiger partial charge in [0.05, 0.1) is 0 Å². The van der Waals surface area contributed by atoms with Crippen molar-refractivity contribution in [2.75, 3.05) is 5.75 Å². The Kier molecular flexibility index (Phi) is 4.38. The van der Waals surface area contributed by atoms with Crippen LogP contribution in [0.25, 0.3) is 11.0 Å². The number of rotatable bonds is 5. The number of nitrogens with one attached hydrogen (secondary N) is 1. The van der Waals surface area contributed by atoms with Crippen molar-refractivity contribution in [2.45, 2.75) is 24.9 Å². The zero-order valence-corrected chi connectivity index (χ0v) is 13.9. The number of fused-ring (bicyclic) bond motifs is 1. The summed E-state index contributed by atoms with van der Waals surface area (Å²) < 4.78 is 3.17. The highest BCUT2D eigenvalue weighted by Gasteiger charge is 2.17. The molecule has 0 atom stereocenters. The summed E-state index contributed by atoms with van der Waals surface area (Å²) in [7, 11) is 1.66. The molecule has 0 radical (unpaired) electrons. The van der Waals surface area contributed by atoms with Crippen LogP contribution in [-0.2, 0) is 20.0 Å². The molecule has 0 aliphatic rings. The Morgan fingerprint density at radius 2 is 1.91 bits per heavy atom. The smallest absolute Gasteiger partial charge is 0.292 e. The molecule has 0 aliphatic heterocycles. The molecule has 3 aromatic rings. The number of aryl methyl sites for hydroxylation is 3. The Balaban J connectivity index is 2.08. The quantitative estimate of drug-likeness (QED) is 0.724. The molecule has 0 saturated carbocycles. The zero-order valence-electron chi connectivity index (χ0n) is 13.1. The number of nitrogens with zero attached hydrogens (tertiary/aromatic N) is 3. The Hall–Kier alpha value is -2.28. The van der Waals surface area contributed by atoms with Crippen LogP contribution in [0.3, 0.4) is 0 Å². The van der Waals surface area contributed by atoms with Gasteiger partial charge in [-0.2, -0.15) is 5.10 Å². The van der Waals surface area contributed by atoms with Crippen molar-refractivity contribution in [1.82, 2.24) is 19.3 Å². The predicted molar refractivity (Wildman–Crippen MR) is 92.1 cm³/mol. The number of aromatic nitrogens is 4. The molecule has 0 spiro atoms. The van der Waals surface area contributed by atoms with Gasteiger partial charge in [0, 0.05) is 13.6 Å². The summed E-state index contributed by atoms with van der Waals surface area (Å²) in [5, 5.41) is 5.28. The molecule has 6 nitrogen and oxygen atoms in total. The lowest BCUT2D eigenvalue weighted by Crippen LogP contribution is -2.29. The molecule has 3 rings (SSSR count). The summed E-state index contributed by atoms with van der Waals surface area (Å²) in [6.45, 7) is 2.61. The second-order valence-electron chi connectivity index (χ2n) is 5.21. The van der Waals surface area contributed by atoms with Gasteiger partial charge in [-0.25, -0.2) is 4.79 Å². The Morgan fingerprint density at radius 3 is 2.61 bits per heavy atom. The molecule has 0 saturated heterocycles. The van der Waals surface area contributed by atoms with Gasteiger partial charge in [0.15, 0.2) is 5.52 Å². The summed E-state index contributed by atoms with van der Waals surface area (Å²) in [6.07, 6.45) is 0.774. The first-order chi connectivity index (χ1) is 11.1. The fourth-order valence-corrected chi connectivity index (χ4v) is 3.37. The van der Waals surface area contributed by atoms with E-state index in [-0.39, 0.29) is 5.56 Å². The van der Waals surface area contributed by atoms with Crippen LogP contribution in [0, 0.1) is 0 Å². The third kappa shape index (κ3) is 2.96. The highest BCUT2D eigenvalue weighted by molar-refractivity contribution is 7.99. The maximum atomic E-state index is 12.3. The molecule has 0 bridgehead atoms. The van der Waals surface area contributed by atoms with Gasteiger partial charge in [-0.3, -0.25) is 19.0 Å². The van der Waals surface area contributed by atoms with E-state index in [4.69, 9.17) is 0 Å². The Labute approximate surface area is 137 Å². The summed E-state index contributed by atoms with van der Waals surface area (Å²) in [4.78, 5) is 26.5. The molecular weight excluding hydrogens is 312 g/mol. The summed E-state index contributed by atoms with van der Waals surface area (Å²) in [6, 6.07) is 10.1. The maximum absolute atomic E-state index is 12.3. The lowest BCUT2D eigenvalue weighted by Gasteiger charge is -2.04. The second kappa shape index (κ2) is 6.45. The molecule has 0 unspecified atom stereocenters. The highest BCUT2D eigenvalue weighted by atomic mass is 32.2. The molecule has 1 aromatic carbocycles. The summed E-state index contributed by atoms with van der Waals surface area (Å²) in [5.74, 6) is 0.825. The molecule has 0 aliphatic carbocycles. The minimum absolute atomic E-state index is 0.383. The minimum Gasteiger partial charge on any atom is -0.292 e. The molecule has 0 fully saturated rings. The van der Waals surface area contributed by atoms with Crippen LogP contribution in [0.4, 0.5) is 0 Å². The third-order valence-electron chi connectivity index (χ3n) is 3.71. The van der Waals surface area contributed by atoms with E-state index in [9.17, 15) is 9.59 Å². The van der Waals surface area contributed by atoms with Gasteiger partial charge in [-0.1, -0.05) is 37.3 Å². The van der Waals surface area contributed by atoms with E-state index in [1.165, 1.54) is 21.9 Å². The average molecular weight is 330 g/mol. The van der Waals surface area contributed by atoms with E-state index < -0.39 is 5.69 Å². The fraction of sp³-hybridized carbons (Fsp3) is 0.312. The van der Waals surface area contributed by atoms with Gasteiger partial charge >= 0.3 is 5.69 Å². The second-order valence-corrected chi connectivity index (χ2v) is 6.47. The van der Waals surface area contributed by atoms with Crippen LogP contribution < -0.4 is 11.2 Å². The molecular formula is C16H18N4O2S. The van der Waals surface area contributed by atoms with Crippen molar-refractivity contribution >= 4 is 22.8 Å². The van der Waals surface area contributed by atoms with Gasteiger partial charge in [0.1, 0.15) is 10.5 Å². The van der Waals surface area contributed by atoms with E-state index in [1.807, 2.05) is 37.3 Å². The highest BCUT2D eigenvalue weighted by Crippen LogP contribution is 2.24. The SMILES string of the molecule is CCSc1nn(CCc2ccccc2)c2c(=O)[nH]c(=O)n(C)c12. The van der Waals surface area contributed by atoms with Gasteiger partial charge in [0.2, 0.25) is 0 Å². The van der Waals surface area contributed by atoms with Crippen LogP contribution >= 0.6 is 11.8 Å². The first kappa shape index (κ1) is 15.6. The molecule has 2 aromatic heterocycles. The van der Waals surface area contributed by atoms with E-state index in [2.05, 4.69) is 10.1 Å². The number of benzene rings is 1. The predicted octanol–water partition coefficient (Wildman–Crippen LogP) is 1.78. The van der Waals surface area contributed by atoms with Gasteiger partial charge < -0.3 is 0 Å². The van der Waals surface area contributed by atoms with Crippen LogP contribution in [0.2, 0.25) is 0 Å². The lowest BCUT2D eigenvalue weighted by molar-refractivity contribution is 0.617. The van der Waals surface area contributed by atoms with Crippen molar-refractivity contribution in [3.8, 4) is 0 Å². The number of aromatic amines is 1. The van der Waals surface area contributed by atoms with E-state index in [1.54, 1.807) is 11.7 Å². The largest absolute Gasteiger partial charge is 0.328 e. The van der Waals surface area contributed by atoms with Crippen LogP contribution in [0.15, 0.2) is 44.9 Å². The van der Waals surface area contributed by atoms with Gasteiger partial charge in [-0.15, -0.1) is 11.8 Å². The summed E-state index contributed by atoms with van der Waals surface area (Å²) in [5.41, 5.74) is 1.45. The van der Waals surface area contributed by atoms with Crippen molar-refractivity contribution < 1.29 is 0 Å². The molecule has 120 valence electrons. The van der Waals surface area contributed by atoms with Crippen molar-refractivity contribution in [2.24, 2.45) is 7.05 Å². The first-order valence-electron chi connectivity index (χ1n) is 7.48. The van der Waals surface area contributed by atoms with Gasteiger partial charge in [0.25, 0.3) is 5.56 Å². The topological polar surface area (TPSA) is 72.7 Å². The van der Waals surface area contributed by atoms with Crippen molar-refractivity contribution in [1.29, 1.82) is 0 Å². The number of hydrogen-bond donors (Lipinski definition) is 1. The van der Waals surface area contributed by atoms with E-state index >= 15 is 0 Å². The summed E-state index contributed by atoms with van der Waals surface area (Å²) >= 11 is 1.53. The molecule has 7 heteroatoms. The van der Waals surface area contributed by atoms with Crippen molar-refractivity contribution in [3.63, 3.8) is 0 Å². The molecule has 2 heterocycles. The fourth-order valence-electron chi connectivity index (χ4n) is 2.57. The van der Waals surface area contributed by atoms with Crippen LogP contribution in [0.1, 0.15) is 12.5 Å². The van der Waals surface area contributed by atoms with Gasteiger partial charge in [-0.05, 0) is 17.7 Å². The number of thioether (sulfide) groups is 1. The average Bonchev–Trinajstić information content (AvgIpc) is 2.91. The number of hydrogen-bond acceptors (Lipinski definition) is 4. The van der Waals surface area contributed by atoms with Crippen molar-refractivity contribution in [3.05, 3.63) is 56.7 Å². The molecule has 0 amide bonds. The standard InChI is InChI=1S/C16H18N4O2S/c1-3-23-15-13-12(14(21)17-16(22)19(13)2)20(18-15)10-9-11-7-5-4-6-8-11/h4-8H,3,9-10H2,1-2H3,(H,17,21,22). The monoisotopic (exact) mass is 330 g/mol. The third-order valence-corrected chi connectivity index (χ3v) is 4.55. The minimum atomic E-state index is -0.414. The number of H-pyrrole nitrogens is 1. The Bertz CT molecular complexity index is 940. The molecule has 1 N–H and O–H groups in total. The lowest BCUT2D eigenvalue weighted by atomic mass is 10.1. The molecule has 23 heavy (non-hydrogen) atoms. The normalized spacial score (nSPS) is 11.2. The van der Waals surface area contributed by atoms with E-state index in [0.29, 0.717) is 17.6 Å². The van der Waals surface area contributed by atoms with Crippen LogP contribution in [0.5, 0.6) is 0 Å². The Morgan fingerprint density at radius 1 is 1.17 bits per heavy atom. The zero-order chi connectivity index (χ0) is 16.4.